The molecule has 1 unspecified atom stereocenters. The van der Waals surface area contributed by atoms with Gasteiger partial charge in [-0.25, -0.2) is 0 Å². The fraction of sp³-hybridized carbons (Fsp3) is 0.667. The van der Waals surface area contributed by atoms with E-state index in [1.807, 2.05) is 32.1 Å². The van der Waals surface area contributed by atoms with E-state index in [-0.39, 0.29) is 11.4 Å². The number of ether oxygens (including phenoxy) is 1. The van der Waals surface area contributed by atoms with E-state index in [1.54, 1.807) is 6.92 Å². The Morgan fingerprint density at radius 2 is 1.79 bits per heavy atom. The van der Waals surface area contributed by atoms with Gasteiger partial charge in [-0.15, -0.1) is 11.3 Å². The minimum absolute atomic E-state index is 0.105. The Bertz CT molecular complexity index is 667. The fourth-order valence-corrected chi connectivity index (χ4v) is 5.46. The van der Waals surface area contributed by atoms with E-state index in [1.165, 1.54) is 46.6 Å². The molecule has 1 atom stereocenters. The van der Waals surface area contributed by atoms with E-state index >= 15 is 0 Å². The summed E-state index contributed by atoms with van der Waals surface area (Å²) in [6.07, 6.45) is 7.32. The highest BCUT2D eigenvalue weighted by molar-refractivity contribution is 7.12. The Kier molecular flexibility index (Phi) is 4.78. The average molecular weight is 347 g/mol. The number of rotatable bonds is 4. The van der Waals surface area contributed by atoms with Crippen LogP contribution in [0.3, 0.4) is 0 Å². The summed E-state index contributed by atoms with van der Waals surface area (Å²) in [6, 6.07) is 0. The van der Waals surface area contributed by atoms with Gasteiger partial charge in [-0.3, -0.25) is 4.79 Å². The molecule has 0 amide bonds. The SMILES string of the molecule is CC(=O)C(OC(C)(C)C)c1c(C)sc(C)c1C1=CC2CCC1CC2. The second-order valence-electron chi connectivity index (χ2n) is 8.46. The molecule has 4 rings (SSSR count). The number of ketones is 1. The molecule has 1 aromatic rings. The van der Waals surface area contributed by atoms with E-state index in [0.29, 0.717) is 5.92 Å². The van der Waals surface area contributed by atoms with Gasteiger partial charge in [0.1, 0.15) is 6.10 Å². The number of aryl methyl sites for hydroxylation is 2. The van der Waals surface area contributed by atoms with Crippen LogP contribution in [0.4, 0.5) is 0 Å². The van der Waals surface area contributed by atoms with Crippen molar-refractivity contribution < 1.29 is 9.53 Å². The summed E-state index contributed by atoms with van der Waals surface area (Å²) in [5.41, 5.74) is 3.63. The molecule has 1 aromatic heterocycles. The van der Waals surface area contributed by atoms with E-state index in [0.717, 1.165) is 11.5 Å². The van der Waals surface area contributed by atoms with Crippen molar-refractivity contribution in [2.45, 2.75) is 78.9 Å². The third-order valence-electron chi connectivity index (χ3n) is 5.33. The second-order valence-corrected chi connectivity index (χ2v) is 9.89. The Morgan fingerprint density at radius 3 is 2.25 bits per heavy atom. The van der Waals surface area contributed by atoms with Crippen LogP contribution >= 0.6 is 11.3 Å². The first-order valence-electron chi connectivity index (χ1n) is 9.17. The lowest BCUT2D eigenvalue weighted by atomic mass is 9.69. The van der Waals surface area contributed by atoms with Gasteiger partial charge in [0, 0.05) is 15.3 Å². The molecule has 0 N–H and O–H groups in total. The Balaban J connectivity index is 2.10. The number of fused-ring (bicyclic) bond motifs is 2. The first-order valence-corrected chi connectivity index (χ1v) is 9.99. The van der Waals surface area contributed by atoms with Crippen molar-refractivity contribution in [1.29, 1.82) is 0 Å². The van der Waals surface area contributed by atoms with Gasteiger partial charge >= 0.3 is 0 Å². The van der Waals surface area contributed by atoms with Gasteiger partial charge in [0.15, 0.2) is 5.78 Å². The van der Waals surface area contributed by atoms with Crippen LogP contribution in [-0.4, -0.2) is 11.4 Å². The van der Waals surface area contributed by atoms with Crippen LogP contribution in [0.5, 0.6) is 0 Å². The molecule has 0 aromatic carbocycles. The van der Waals surface area contributed by atoms with Crippen LogP contribution in [0.25, 0.3) is 5.57 Å². The molecule has 3 aliphatic rings. The van der Waals surface area contributed by atoms with Crippen LogP contribution in [0.15, 0.2) is 6.08 Å². The molecular formula is C21H30O2S. The predicted octanol–water partition coefficient (Wildman–Crippen LogP) is 6.01. The number of carbonyl (C=O) groups excluding carboxylic acids is 1. The van der Waals surface area contributed by atoms with E-state index in [9.17, 15) is 4.79 Å². The minimum atomic E-state index is -0.452. The van der Waals surface area contributed by atoms with Crippen molar-refractivity contribution in [2.24, 2.45) is 11.8 Å². The molecule has 3 heteroatoms. The molecule has 2 bridgehead atoms. The van der Waals surface area contributed by atoms with Crippen LogP contribution in [0.1, 0.15) is 80.4 Å². The summed E-state index contributed by atoms with van der Waals surface area (Å²) < 4.78 is 6.22. The van der Waals surface area contributed by atoms with Gasteiger partial charge in [-0.1, -0.05) is 6.08 Å². The van der Waals surface area contributed by atoms with Crippen molar-refractivity contribution in [1.82, 2.24) is 0 Å². The normalized spacial score (nSPS) is 24.8. The smallest absolute Gasteiger partial charge is 0.163 e. The summed E-state index contributed by atoms with van der Waals surface area (Å²) in [4.78, 5) is 15.0. The highest BCUT2D eigenvalue weighted by Crippen LogP contribution is 2.49. The second kappa shape index (κ2) is 6.42. The topological polar surface area (TPSA) is 26.3 Å². The summed E-state index contributed by atoms with van der Waals surface area (Å²) in [5.74, 6) is 1.51. The molecule has 2 nitrogen and oxygen atoms in total. The quantitative estimate of drug-likeness (QED) is 0.667. The highest BCUT2D eigenvalue weighted by Gasteiger charge is 2.36. The minimum Gasteiger partial charge on any atom is -0.360 e. The van der Waals surface area contributed by atoms with Gasteiger partial charge in [0.2, 0.25) is 0 Å². The Morgan fingerprint density at radius 1 is 1.17 bits per heavy atom. The molecular weight excluding hydrogens is 316 g/mol. The number of thiophene rings is 1. The summed E-state index contributed by atoms with van der Waals surface area (Å²) >= 11 is 1.82. The maximum atomic E-state index is 12.4. The van der Waals surface area contributed by atoms with E-state index in [2.05, 4.69) is 19.9 Å². The molecule has 0 spiro atoms. The molecule has 1 fully saturated rings. The Hall–Kier alpha value is -0.930. The van der Waals surface area contributed by atoms with Gasteiger partial charge in [-0.05, 0) is 90.2 Å². The number of hydrogen-bond donors (Lipinski definition) is 0. The molecule has 3 aliphatic carbocycles. The summed E-state index contributed by atoms with van der Waals surface area (Å²) in [6.45, 7) is 12.1. The largest absolute Gasteiger partial charge is 0.360 e. The van der Waals surface area contributed by atoms with Crippen molar-refractivity contribution in [2.75, 3.05) is 0 Å². The zero-order valence-corrected chi connectivity index (χ0v) is 16.7. The zero-order valence-electron chi connectivity index (χ0n) is 15.9. The van der Waals surface area contributed by atoms with Crippen LogP contribution in [0, 0.1) is 25.7 Å². The number of carbonyl (C=O) groups is 1. The zero-order chi connectivity index (χ0) is 17.6. The summed E-state index contributed by atoms with van der Waals surface area (Å²) in [5, 5.41) is 0. The van der Waals surface area contributed by atoms with Crippen molar-refractivity contribution >= 4 is 22.7 Å². The van der Waals surface area contributed by atoms with Gasteiger partial charge in [0.25, 0.3) is 0 Å². The molecule has 132 valence electrons. The molecule has 1 saturated carbocycles. The maximum absolute atomic E-state index is 12.4. The molecule has 1 heterocycles. The van der Waals surface area contributed by atoms with Crippen LogP contribution < -0.4 is 0 Å². The number of allylic oxidation sites excluding steroid dienone is 2. The number of Topliss-reactive ketones (excluding diaryl/α,β-unsaturated/α-hetero) is 1. The molecule has 0 saturated heterocycles. The molecule has 0 aliphatic heterocycles. The highest BCUT2D eigenvalue weighted by atomic mass is 32.1. The van der Waals surface area contributed by atoms with E-state index < -0.39 is 6.10 Å². The molecule has 24 heavy (non-hydrogen) atoms. The van der Waals surface area contributed by atoms with Gasteiger partial charge in [0.05, 0.1) is 5.60 Å². The van der Waals surface area contributed by atoms with Crippen molar-refractivity contribution in [3.8, 4) is 0 Å². The standard InChI is InChI=1S/C21H30O2S/c1-12(22)20(23-21(4,5)6)19-14(3)24-13(2)18(19)17-11-15-7-9-16(17)10-8-15/h11,15-16,20H,7-10H2,1-6H3. The third-order valence-corrected chi connectivity index (χ3v) is 6.36. The first-order chi connectivity index (χ1) is 11.2. The third kappa shape index (κ3) is 3.39. The van der Waals surface area contributed by atoms with Gasteiger partial charge < -0.3 is 4.74 Å². The number of hydrogen-bond acceptors (Lipinski definition) is 3. The van der Waals surface area contributed by atoms with Crippen molar-refractivity contribution in [3.05, 3.63) is 27.0 Å². The van der Waals surface area contributed by atoms with E-state index in [4.69, 9.17) is 4.74 Å². The van der Waals surface area contributed by atoms with Crippen LogP contribution in [-0.2, 0) is 9.53 Å². The van der Waals surface area contributed by atoms with Crippen LogP contribution in [0.2, 0.25) is 0 Å². The predicted molar refractivity (Wildman–Crippen MR) is 101 cm³/mol. The van der Waals surface area contributed by atoms with Gasteiger partial charge in [-0.2, -0.15) is 0 Å². The Labute approximate surface area is 150 Å². The maximum Gasteiger partial charge on any atom is 0.163 e. The average Bonchev–Trinajstić information content (AvgIpc) is 2.79. The fourth-order valence-electron chi connectivity index (χ4n) is 4.35. The first kappa shape index (κ1) is 17.9. The lowest BCUT2D eigenvalue weighted by molar-refractivity contribution is -0.138. The lowest BCUT2D eigenvalue weighted by Gasteiger charge is -2.37. The van der Waals surface area contributed by atoms with Crippen molar-refractivity contribution in [3.63, 3.8) is 0 Å². The summed E-state index contributed by atoms with van der Waals surface area (Å²) in [7, 11) is 0. The monoisotopic (exact) mass is 346 g/mol. The molecule has 0 radical (unpaired) electrons. The lowest BCUT2D eigenvalue weighted by Crippen LogP contribution is -2.28.